The minimum atomic E-state index is -0.917. The highest BCUT2D eigenvalue weighted by molar-refractivity contribution is 7.84. The summed E-state index contributed by atoms with van der Waals surface area (Å²) in [7, 11) is -0.917. The van der Waals surface area contributed by atoms with Crippen LogP contribution >= 0.6 is 11.6 Å². The van der Waals surface area contributed by atoms with Gasteiger partial charge in [0.1, 0.15) is 11.0 Å². The number of aromatic nitrogens is 1. The number of nitrogens with one attached hydrogen (secondary N) is 2. The molecular formula is C12H18ClN3O2S. The molecule has 19 heavy (non-hydrogen) atoms. The van der Waals surface area contributed by atoms with Crippen LogP contribution in [0.1, 0.15) is 23.7 Å². The molecule has 0 saturated carbocycles. The molecule has 1 aromatic heterocycles. The zero-order valence-corrected chi connectivity index (χ0v) is 12.6. The quantitative estimate of drug-likeness (QED) is 0.752. The van der Waals surface area contributed by atoms with E-state index in [2.05, 4.69) is 15.6 Å². The molecule has 0 radical (unpaired) electrons. The lowest BCUT2D eigenvalue weighted by molar-refractivity contribution is 0.0956. The predicted octanol–water partition coefficient (Wildman–Crippen LogP) is 1.67. The van der Waals surface area contributed by atoms with Crippen LogP contribution in [0, 0.1) is 0 Å². The number of hydrogen-bond donors (Lipinski definition) is 2. The van der Waals surface area contributed by atoms with Gasteiger partial charge in [0.15, 0.2) is 0 Å². The predicted molar refractivity (Wildman–Crippen MR) is 79.3 cm³/mol. The first kappa shape index (κ1) is 15.9. The van der Waals surface area contributed by atoms with Gasteiger partial charge in [0.2, 0.25) is 0 Å². The standard InChI is InChI=1S/C12H18ClN3O2S/c1-3-4-14-11-8-9(7-10(13)16-11)12(17)15-5-6-19(2)18/h7-8H,3-6H2,1-2H3,(H,14,16)(H,15,17). The fraction of sp³-hybridized carbons (Fsp3) is 0.500. The Morgan fingerprint density at radius 2 is 2.16 bits per heavy atom. The van der Waals surface area contributed by atoms with Crippen LogP contribution < -0.4 is 10.6 Å². The Balaban J connectivity index is 2.67. The van der Waals surface area contributed by atoms with Crippen LogP contribution in [-0.4, -0.2) is 40.2 Å². The SMILES string of the molecule is CCCNc1cc(C(=O)NCCS(C)=O)cc(Cl)n1. The van der Waals surface area contributed by atoms with Gasteiger partial charge in [0, 0.05) is 41.5 Å². The lowest BCUT2D eigenvalue weighted by atomic mass is 10.2. The maximum atomic E-state index is 11.9. The Labute approximate surface area is 120 Å². The summed E-state index contributed by atoms with van der Waals surface area (Å²) in [6.45, 7) is 3.18. The minimum absolute atomic E-state index is 0.241. The molecule has 0 aliphatic heterocycles. The molecule has 0 aliphatic rings. The molecule has 106 valence electrons. The van der Waals surface area contributed by atoms with E-state index < -0.39 is 10.8 Å². The maximum absolute atomic E-state index is 11.9. The first-order valence-electron chi connectivity index (χ1n) is 6.02. The number of hydrogen-bond acceptors (Lipinski definition) is 4. The van der Waals surface area contributed by atoms with Crippen molar-refractivity contribution in [2.24, 2.45) is 0 Å². The van der Waals surface area contributed by atoms with Crippen molar-refractivity contribution >= 4 is 34.1 Å². The number of nitrogens with zero attached hydrogens (tertiary/aromatic N) is 1. The van der Waals surface area contributed by atoms with E-state index in [9.17, 15) is 9.00 Å². The van der Waals surface area contributed by atoms with E-state index in [4.69, 9.17) is 11.6 Å². The molecule has 0 fully saturated rings. The van der Waals surface area contributed by atoms with Crippen molar-refractivity contribution in [2.75, 3.05) is 30.4 Å². The van der Waals surface area contributed by atoms with Gasteiger partial charge in [0.05, 0.1) is 0 Å². The summed E-state index contributed by atoms with van der Waals surface area (Å²) in [5.41, 5.74) is 0.445. The molecule has 0 bridgehead atoms. The van der Waals surface area contributed by atoms with Crippen LogP contribution in [0.3, 0.4) is 0 Å². The zero-order valence-electron chi connectivity index (χ0n) is 11.0. The summed E-state index contributed by atoms with van der Waals surface area (Å²) in [5.74, 6) is 0.777. The first-order chi connectivity index (χ1) is 9.02. The van der Waals surface area contributed by atoms with Gasteiger partial charge in [-0.2, -0.15) is 0 Å². The Morgan fingerprint density at radius 1 is 1.42 bits per heavy atom. The number of rotatable bonds is 7. The van der Waals surface area contributed by atoms with E-state index in [1.54, 1.807) is 12.3 Å². The maximum Gasteiger partial charge on any atom is 0.251 e. The van der Waals surface area contributed by atoms with Crippen LogP contribution in [0.15, 0.2) is 12.1 Å². The molecule has 5 nitrogen and oxygen atoms in total. The van der Waals surface area contributed by atoms with Crippen LogP contribution in [0.4, 0.5) is 5.82 Å². The van der Waals surface area contributed by atoms with Crippen molar-refractivity contribution in [3.8, 4) is 0 Å². The largest absolute Gasteiger partial charge is 0.370 e. The second-order valence-corrected chi connectivity index (χ2v) is 5.97. The fourth-order valence-corrected chi connectivity index (χ4v) is 1.98. The van der Waals surface area contributed by atoms with Crippen molar-refractivity contribution in [3.63, 3.8) is 0 Å². The van der Waals surface area contributed by atoms with Crippen LogP contribution in [0.5, 0.6) is 0 Å². The second-order valence-electron chi connectivity index (χ2n) is 4.02. The van der Waals surface area contributed by atoms with Gasteiger partial charge in [-0.15, -0.1) is 0 Å². The van der Waals surface area contributed by atoms with E-state index in [0.29, 0.717) is 23.7 Å². The van der Waals surface area contributed by atoms with Gasteiger partial charge >= 0.3 is 0 Å². The molecule has 1 rings (SSSR count). The lowest BCUT2D eigenvalue weighted by Crippen LogP contribution is -2.27. The molecule has 2 N–H and O–H groups in total. The highest BCUT2D eigenvalue weighted by atomic mass is 35.5. The van der Waals surface area contributed by atoms with E-state index >= 15 is 0 Å². The van der Waals surface area contributed by atoms with Crippen molar-refractivity contribution in [1.29, 1.82) is 0 Å². The Kier molecular flexibility index (Phi) is 6.80. The number of carbonyl (C=O) groups excluding carboxylic acids is 1. The number of halogens is 1. The van der Waals surface area contributed by atoms with Crippen molar-refractivity contribution < 1.29 is 9.00 Å². The van der Waals surface area contributed by atoms with Gasteiger partial charge in [0.25, 0.3) is 5.91 Å². The smallest absolute Gasteiger partial charge is 0.251 e. The highest BCUT2D eigenvalue weighted by Crippen LogP contribution is 2.14. The van der Waals surface area contributed by atoms with E-state index in [0.717, 1.165) is 13.0 Å². The fourth-order valence-electron chi connectivity index (χ4n) is 1.38. The Morgan fingerprint density at radius 3 is 2.79 bits per heavy atom. The number of amides is 1. The Hall–Kier alpha value is -1.14. The third-order valence-electron chi connectivity index (χ3n) is 2.29. The van der Waals surface area contributed by atoms with E-state index in [1.807, 2.05) is 6.92 Å². The highest BCUT2D eigenvalue weighted by Gasteiger charge is 2.09. The molecule has 1 heterocycles. The average Bonchev–Trinajstić information content (AvgIpc) is 2.35. The summed E-state index contributed by atoms with van der Waals surface area (Å²) < 4.78 is 10.9. The molecule has 0 aromatic carbocycles. The molecule has 0 spiro atoms. The minimum Gasteiger partial charge on any atom is -0.370 e. The lowest BCUT2D eigenvalue weighted by Gasteiger charge is -2.08. The summed E-state index contributed by atoms with van der Waals surface area (Å²) in [5, 5.41) is 6.04. The summed E-state index contributed by atoms with van der Waals surface area (Å²) >= 11 is 5.88. The van der Waals surface area contributed by atoms with Crippen molar-refractivity contribution in [2.45, 2.75) is 13.3 Å². The topological polar surface area (TPSA) is 71.1 Å². The van der Waals surface area contributed by atoms with Gasteiger partial charge in [-0.05, 0) is 18.6 Å². The monoisotopic (exact) mass is 303 g/mol. The van der Waals surface area contributed by atoms with Gasteiger partial charge in [-0.1, -0.05) is 18.5 Å². The zero-order chi connectivity index (χ0) is 14.3. The number of carbonyl (C=O) groups is 1. The van der Waals surface area contributed by atoms with Crippen LogP contribution in [0.25, 0.3) is 0 Å². The van der Waals surface area contributed by atoms with Gasteiger partial charge in [-0.3, -0.25) is 9.00 Å². The molecular weight excluding hydrogens is 286 g/mol. The van der Waals surface area contributed by atoms with Gasteiger partial charge < -0.3 is 10.6 Å². The third kappa shape index (κ3) is 6.02. The average molecular weight is 304 g/mol. The Bertz CT molecular complexity index is 468. The van der Waals surface area contributed by atoms with Crippen molar-refractivity contribution in [3.05, 3.63) is 22.8 Å². The molecule has 0 saturated heterocycles. The van der Waals surface area contributed by atoms with E-state index in [1.165, 1.54) is 6.07 Å². The summed E-state index contributed by atoms with van der Waals surface area (Å²) in [6, 6.07) is 3.16. The molecule has 0 aliphatic carbocycles. The van der Waals surface area contributed by atoms with Crippen molar-refractivity contribution in [1.82, 2.24) is 10.3 Å². The first-order valence-corrected chi connectivity index (χ1v) is 8.13. The third-order valence-corrected chi connectivity index (χ3v) is 3.26. The molecule has 1 amide bonds. The normalized spacial score (nSPS) is 11.9. The molecule has 1 unspecified atom stereocenters. The van der Waals surface area contributed by atoms with Gasteiger partial charge in [-0.25, -0.2) is 4.98 Å². The summed E-state index contributed by atoms with van der Waals surface area (Å²) in [6.07, 6.45) is 2.56. The summed E-state index contributed by atoms with van der Waals surface area (Å²) in [4.78, 5) is 16.0. The number of anilines is 1. The second kappa shape index (κ2) is 8.12. The molecule has 1 atom stereocenters. The van der Waals surface area contributed by atoms with Crippen LogP contribution in [-0.2, 0) is 10.8 Å². The van der Waals surface area contributed by atoms with Crippen LogP contribution in [0.2, 0.25) is 5.15 Å². The number of pyridine rings is 1. The molecule has 7 heteroatoms. The molecule has 1 aromatic rings. The van der Waals surface area contributed by atoms with E-state index in [-0.39, 0.29) is 11.1 Å².